The number of carbonyl (C=O) groups is 1. The largest absolute Gasteiger partial charge is 0.493 e. The van der Waals surface area contributed by atoms with Gasteiger partial charge in [0.2, 0.25) is 5.91 Å². The quantitative estimate of drug-likeness (QED) is 0.800. The van der Waals surface area contributed by atoms with E-state index in [0.29, 0.717) is 23.1 Å². The second kappa shape index (κ2) is 7.21. The summed E-state index contributed by atoms with van der Waals surface area (Å²) >= 11 is 6.16. The highest BCUT2D eigenvalue weighted by molar-refractivity contribution is 6.31. The fourth-order valence-corrected chi connectivity index (χ4v) is 1.91. The lowest BCUT2D eigenvalue weighted by atomic mass is 10.1. The molecule has 0 saturated heterocycles. The molecule has 5 nitrogen and oxygen atoms in total. The van der Waals surface area contributed by atoms with Crippen LogP contribution >= 0.6 is 11.6 Å². The molecule has 1 rings (SSSR count). The summed E-state index contributed by atoms with van der Waals surface area (Å²) in [4.78, 5) is 10.8. The van der Waals surface area contributed by atoms with Gasteiger partial charge in [0, 0.05) is 30.1 Å². The van der Waals surface area contributed by atoms with E-state index in [1.807, 2.05) is 13.0 Å². The minimum atomic E-state index is -0.335. The summed E-state index contributed by atoms with van der Waals surface area (Å²) in [6.45, 7) is 2.41. The predicted molar refractivity (Wildman–Crippen MR) is 74.7 cm³/mol. The molecule has 1 aromatic carbocycles. The maximum atomic E-state index is 10.8. The van der Waals surface area contributed by atoms with E-state index in [1.165, 1.54) is 0 Å². The van der Waals surface area contributed by atoms with E-state index in [-0.39, 0.29) is 18.4 Å². The molecule has 0 aliphatic carbocycles. The summed E-state index contributed by atoms with van der Waals surface area (Å²) in [5.41, 5.74) is 6.01. The third-order valence-corrected chi connectivity index (χ3v) is 3.05. The highest BCUT2D eigenvalue weighted by Gasteiger charge is 2.11. The highest BCUT2D eigenvalue weighted by atomic mass is 35.5. The Labute approximate surface area is 118 Å². The van der Waals surface area contributed by atoms with Gasteiger partial charge in [0.05, 0.1) is 14.2 Å². The van der Waals surface area contributed by atoms with Crippen LogP contribution in [-0.4, -0.2) is 26.2 Å². The molecule has 0 radical (unpaired) electrons. The lowest BCUT2D eigenvalue weighted by Gasteiger charge is -2.15. The maximum absolute atomic E-state index is 10.8. The number of benzene rings is 1. The normalized spacial score (nSPS) is 12.0. The van der Waals surface area contributed by atoms with Gasteiger partial charge in [-0.2, -0.15) is 0 Å². The molecule has 6 heteroatoms. The number of hydrogen-bond donors (Lipinski definition) is 2. The zero-order valence-electron chi connectivity index (χ0n) is 11.3. The van der Waals surface area contributed by atoms with Crippen LogP contribution in [0.25, 0.3) is 0 Å². The van der Waals surface area contributed by atoms with Gasteiger partial charge in [0.15, 0.2) is 11.5 Å². The molecule has 1 amide bonds. The van der Waals surface area contributed by atoms with Gasteiger partial charge >= 0.3 is 0 Å². The molecule has 1 unspecified atom stereocenters. The number of methoxy groups -OCH3 is 2. The number of rotatable bonds is 7. The SMILES string of the molecule is COc1cc(Cl)c(CNC(C)CC(N)=O)cc1OC. The number of primary amides is 1. The van der Waals surface area contributed by atoms with Crippen LogP contribution < -0.4 is 20.5 Å². The standard InChI is InChI=1S/C13H19ClN2O3/c1-8(4-13(15)17)16-7-9-5-11(18-2)12(19-3)6-10(9)14/h5-6,8,16H,4,7H2,1-3H3,(H2,15,17). The molecule has 0 bridgehead atoms. The Balaban J connectivity index is 2.75. The Morgan fingerprint density at radius 3 is 2.47 bits per heavy atom. The third-order valence-electron chi connectivity index (χ3n) is 2.70. The van der Waals surface area contributed by atoms with Crippen molar-refractivity contribution in [3.8, 4) is 11.5 Å². The third kappa shape index (κ3) is 4.61. The zero-order valence-corrected chi connectivity index (χ0v) is 12.1. The summed E-state index contributed by atoms with van der Waals surface area (Å²) in [6, 6.07) is 3.50. The summed E-state index contributed by atoms with van der Waals surface area (Å²) in [6.07, 6.45) is 0.283. The van der Waals surface area contributed by atoms with Crippen LogP contribution in [0, 0.1) is 0 Å². The lowest BCUT2D eigenvalue weighted by Crippen LogP contribution is -2.30. The number of ether oxygens (including phenoxy) is 2. The Morgan fingerprint density at radius 2 is 1.95 bits per heavy atom. The van der Waals surface area contributed by atoms with Crippen molar-refractivity contribution in [3.05, 3.63) is 22.7 Å². The van der Waals surface area contributed by atoms with Gasteiger partial charge in [-0.3, -0.25) is 4.79 Å². The molecule has 0 heterocycles. The van der Waals surface area contributed by atoms with Gasteiger partial charge in [-0.15, -0.1) is 0 Å². The van der Waals surface area contributed by atoms with Crippen molar-refractivity contribution < 1.29 is 14.3 Å². The van der Waals surface area contributed by atoms with Crippen molar-refractivity contribution in [2.75, 3.05) is 14.2 Å². The Morgan fingerprint density at radius 1 is 1.37 bits per heavy atom. The zero-order chi connectivity index (χ0) is 14.4. The number of carbonyl (C=O) groups excluding carboxylic acids is 1. The maximum Gasteiger partial charge on any atom is 0.218 e. The van der Waals surface area contributed by atoms with Crippen LogP contribution in [0.4, 0.5) is 0 Å². The van der Waals surface area contributed by atoms with Gasteiger partial charge in [-0.25, -0.2) is 0 Å². The number of nitrogens with two attached hydrogens (primary N) is 1. The van der Waals surface area contributed by atoms with Crippen LogP contribution in [0.5, 0.6) is 11.5 Å². The second-order valence-electron chi connectivity index (χ2n) is 4.25. The van der Waals surface area contributed by atoms with E-state index in [2.05, 4.69) is 5.32 Å². The molecule has 1 atom stereocenters. The van der Waals surface area contributed by atoms with E-state index >= 15 is 0 Å². The second-order valence-corrected chi connectivity index (χ2v) is 4.66. The summed E-state index contributed by atoms with van der Waals surface area (Å²) in [5.74, 6) is 0.867. The average molecular weight is 287 g/mol. The molecule has 0 saturated carbocycles. The van der Waals surface area contributed by atoms with Gasteiger partial charge in [-0.1, -0.05) is 11.6 Å². The van der Waals surface area contributed by atoms with E-state index < -0.39 is 0 Å². The van der Waals surface area contributed by atoms with Gasteiger partial charge < -0.3 is 20.5 Å². The Kier molecular flexibility index (Phi) is 5.92. The molecule has 1 aromatic rings. The first-order valence-electron chi connectivity index (χ1n) is 5.90. The van der Waals surface area contributed by atoms with Gasteiger partial charge in [0.25, 0.3) is 0 Å². The Bertz CT molecular complexity index is 452. The summed E-state index contributed by atoms with van der Waals surface area (Å²) < 4.78 is 10.4. The molecule has 106 valence electrons. The molecular weight excluding hydrogens is 268 g/mol. The van der Waals surface area contributed by atoms with Crippen molar-refractivity contribution in [2.45, 2.75) is 25.9 Å². The van der Waals surface area contributed by atoms with Crippen LogP contribution in [0.2, 0.25) is 5.02 Å². The van der Waals surface area contributed by atoms with Gasteiger partial charge in [-0.05, 0) is 18.6 Å². The highest BCUT2D eigenvalue weighted by Crippen LogP contribution is 2.32. The molecule has 3 N–H and O–H groups in total. The fraction of sp³-hybridized carbons (Fsp3) is 0.462. The smallest absolute Gasteiger partial charge is 0.218 e. The van der Waals surface area contributed by atoms with Crippen LogP contribution in [0.1, 0.15) is 18.9 Å². The minimum Gasteiger partial charge on any atom is -0.493 e. The minimum absolute atomic E-state index is 0.0123. The molecule has 0 aliphatic heterocycles. The number of hydrogen-bond acceptors (Lipinski definition) is 4. The summed E-state index contributed by atoms with van der Waals surface area (Å²) in [7, 11) is 3.12. The number of halogens is 1. The molecule has 0 aliphatic rings. The number of amides is 1. The van der Waals surface area contributed by atoms with Crippen molar-refractivity contribution in [2.24, 2.45) is 5.73 Å². The van der Waals surface area contributed by atoms with E-state index in [1.54, 1.807) is 20.3 Å². The van der Waals surface area contributed by atoms with Crippen LogP contribution in [-0.2, 0) is 11.3 Å². The lowest BCUT2D eigenvalue weighted by molar-refractivity contribution is -0.118. The topological polar surface area (TPSA) is 73.6 Å². The monoisotopic (exact) mass is 286 g/mol. The molecular formula is C13H19ClN2O3. The van der Waals surface area contributed by atoms with Crippen LogP contribution in [0.3, 0.4) is 0 Å². The molecule has 0 spiro atoms. The average Bonchev–Trinajstić information content (AvgIpc) is 2.36. The van der Waals surface area contributed by atoms with Crippen molar-refractivity contribution in [1.82, 2.24) is 5.32 Å². The molecule has 0 aromatic heterocycles. The first kappa shape index (κ1) is 15.6. The van der Waals surface area contributed by atoms with Crippen LogP contribution in [0.15, 0.2) is 12.1 Å². The van der Waals surface area contributed by atoms with Crippen molar-refractivity contribution in [3.63, 3.8) is 0 Å². The van der Waals surface area contributed by atoms with E-state index in [9.17, 15) is 4.79 Å². The first-order chi connectivity index (χ1) is 8.97. The number of nitrogens with one attached hydrogen (secondary N) is 1. The molecule has 0 fully saturated rings. The van der Waals surface area contributed by atoms with Crippen molar-refractivity contribution in [1.29, 1.82) is 0 Å². The Hall–Kier alpha value is -1.46. The molecule has 19 heavy (non-hydrogen) atoms. The van der Waals surface area contributed by atoms with E-state index in [0.717, 1.165) is 5.56 Å². The van der Waals surface area contributed by atoms with Crippen molar-refractivity contribution >= 4 is 17.5 Å². The first-order valence-corrected chi connectivity index (χ1v) is 6.27. The predicted octanol–water partition coefficient (Wildman–Crippen LogP) is 1.71. The fourth-order valence-electron chi connectivity index (χ4n) is 1.69. The van der Waals surface area contributed by atoms with E-state index in [4.69, 9.17) is 26.8 Å². The van der Waals surface area contributed by atoms with Gasteiger partial charge in [0.1, 0.15) is 0 Å². The summed E-state index contributed by atoms with van der Waals surface area (Å²) in [5, 5.41) is 3.76.